The molecule has 0 aromatic carbocycles. The minimum absolute atomic E-state index is 0.0743. The third-order valence-corrected chi connectivity index (χ3v) is 4.26. The highest BCUT2D eigenvalue weighted by atomic mass is 16.5. The molecule has 1 aliphatic rings. The first-order valence-electron chi connectivity index (χ1n) is 8.59. The second-order valence-electron chi connectivity index (χ2n) is 6.33. The molecule has 1 N–H and O–H groups in total. The Morgan fingerprint density at radius 3 is 2.71 bits per heavy atom. The number of carbonyl (C=O) groups excluding carboxylic acids is 1. The number of nitrogens with one attached hydrogen (secondary N) is 1. The molecule has 124 valence electrons. The molecule has 0 heterocycles. The number of hydrogen-bond donors (Lipinski definition) is 1. The van der Waals surface area contributed by atoms with Crippen LogP contribution in [0.25, 0.3) is 0 Å². The van der Waals surface area contributed by atoms with Crippen LogP contribution in [0.3, 0.4) is 0 Å². The topological polar surface area (TPSA) is 47.6 Å². The lowest BCUT2D eigenvalue weighted by Crippen LogP contribution is -2.58. The van der Waals surface area contributed by atoms with Crippen molar-refractivity contribution >= 4 is 5.97 Å². The van der Waals surface area contributed by atoms with E-state index < -0.39 is 5.54 Å². The zero-order valence-corrected chi connectivity index (χ0v) is 14.2. The van der Waals surface area contributed by atoms with Crippen LogP contribution in [0, 0.1) is 5.92 Å². The summed E-state index contributed by atoms with van der Waals surface area (Å²) in [4.78, 5) is 12.5. The third-order valence-electron chi connectivity index (χ3n) is 4.26. The average molecular weight is 299 g/mol. The van der Waals surface area contributed by atoms with Crippen LogP contribution in [0.1, 0.15) is 66.2 Å². The second kappa shape index (κ2) is 9.42. The number of hydrogen-bond acceptors (Lipinski definition) is 4. The Labute approximate surface area is 130 Å². The van der Waals surface area contributed by atoms with E-state index in [4.69, 9.17) is 9.47 Å². The van der Waals surface area contributed by atoms with Crippen molar-refractivity contribution in [1.82, 2.24) is 5.32 Å². The molecule has 1 aliphatic carbocycles. The van der Waals surface area contributed by atoms with Crippen molar-refractivity contribution in [3.8, 4) is 0 Å². The zero-order valence-electron chi connectivity index (χ0n) is 14.2. The summed E-state index contributed by atoms with van der Waals surface area (Å²) in [5, 5.41) is 3.51. The molecule has 0 saturated heterocycles. The van der Waals surface area contributed by atoms with Crippen LogP contribution in [0.4, 0.5) is 0 Å². The van der Waals surface area contributed by atoms with Gasteiger partial charge in [0.15, 0.2) is 0 Å². The Kier molecular flexibility index (Phi) is 8.27. The quantitative estimate of drug-likeness (QED) is 0.497. The van der Waals surface area contributed by atoms with Crippen molar-refractivity contribution in [2.45, 2.75) is 77.8 Å². The lowest BCUT2D eigenvalue weighted by Gasteiger charge is -2.36. The Morgan fingerprint density at radius 2 is 2.10 bits per heavy atom. The van der Waals surface area contributed by atoms with Crippen LogP contribution in [-0.2, 0) is 14.3 Å². The van der Waals surface area contributed by atoms with Crippen molar-refractivity contribution in [2.75, 3.05) is 19.8 Å². The van der Waals surface area contributed by atoms with E-state index in [9.17, 15) is 4.79 Å². The molecule has 21 heavy (non-hydrogen) atoms. The van der Waals surface area contributed by atoms with Crippen LogP contribution in [0.15, 0.2) is 0 Å². The van der Waals surface area contributed by atoms with Crippen LogP contribution in [0.5, 0.6) is 0 Å². The molecule has 0 amide bonds. The second-order valence-corrected chi connectivity index (χ2v) is 6.33. The van der Waals surface area contributed by atoms with Gasteiger partial charge >= 0.3 is 5.97 Å². The normalized spacial score (nSPS) is 25.5. The van der Waals surface area contributed by atoms with E-state index in [1.54, 1.807) is 0 Å². The van der Waals surface area contributed by atoms with E-state index in [1.807, 2.05) is 6.92 Å². The van der Waals surface area contributed by atoms with Crippen molar-refractivity contribution in [3.63, 3.8) is 0 Å². The summed E-state index contributed by atoms with van der Waals surface area (Å²) in [6, 6.07) is 0.274. The van der Waals surface area contributed by atoms with Crippen molar-refractivity contribution in [1.29, 1.82) is 0 Å². The van der Waals surface area contributed by atoms with Crippen molar-refractivity contribution in [2.24, 2.45) is 5.92 Å². The van der Waals surface area contributed by atoms with Crippen LogP contribution >= 0.6 is 0 Å². The van der Waals surface area contributed by atoms with Gasteiger partial charge in [0.2, 0.25) is 0 Å². The van der Waals surface area contributed by atoms with Gasteiger partial charge in [0.05, 0.1) is 6.61 Å². The summed E-state index contributed by atoms with van der Waals surface area (Å²) in [5.41, 5.74) is -0.502. The lowest BCUT2D eigenvalue weighted by molar-refractivity contribution is -0.153. The van der Waals surface area contributed by atoms with E-state index in [1.165, 1.54) is 0 Å². The summed E-state index contributed by atoms with van der Waals surface area (Å²) < 4.78 is 11.1. The van der Waals surface area contributed by atoms with E-state index >= 15 is 0 Å². The fourth-order valence-electron chi connectivity index (χ4n) is 3.34. The maximum Gasteiger partial charge on any atom is 0.326 e. The molecule has 2 unspecified atom stereocenters. The molecule has 0 radical (unpaired) electrons. The molecule has 0 aliphatic heterocycles. The fraction of sp³-hybridized carbons (Fsp3) is 0.941. The van der Waals surface area contributed by atoms with Gasteiger partial charge in [-0.15, -0.1) is 0 Å². The summed E-state index contributed by atoms with van der Waals surface area (Å²) >= 11 is 0. The standard InChI is InChI=1S/C17H33NO3/c1-5-7-12-20-13-10-15-9-8-11-17(15,18-14(3)4)16(19)21-6-2/h14-15,18H,5-13H2,1-4H3. The highest BCUT2D eigenvalue weighted by Gasteiger charge is 2.49. The van der Waals surface area contributed by atoms with Gasteiger partial charge in [-0.3, -0.25) is 10.1 Å². The van der Waals surface area contributed by atoms with Gasteiger partial charge in [-0.2, -0.15) is 0 Å². The van der Waals surface area contributed by atoms with Crippen molar-refractivity contribution < 1.29 is 14.3 Å². The number of carbonyl (C=O) groups is 1. The molecule has 4 heteroatoms. The Balaban J connectivity index is 2.63. The number of esters is 1. The van der Waals surface area contributed by atoms with Crippen LogP contribution in [-0.4, -0.2) is 37.4 Å². The van der Waals surface area contributed by atoms with Gasteiger partial charge < -0.3 is 9.47 Å². The molecular formula is C17H33NO3. The van der Waals surface area contributed by atoms with E-state index in [0.29, 0.717) is 12.5 Å². The van der Waals surface area contributed by atoms with E-state index in [2.05, 4.69) is 26.1 Å². The highest BCUT2D eigenvalue weighted by Crippen LogP contribution is 2.39. The first-order valence-corrected chi connectivity index (χ1v) is 8.59. The molecule has 2 atom stereocenters. The Morgan fingerprint density at radius 1 is 1.33 bits per heavy atom. The van der Waals surface area contributed by atoms with Gasteiger partial charge in [-0.1, -0.05) is 19.8 Å². The summed E-state index contributed by atoms with van der Waals surface area (Å²) in [6.45, 7) is 10.2. The van der Waals surface area contributed by atoms with Gasteiger partial charge in [0, 0.05) is 19.3 Å². The van der Waals surface area contributed by atoms with Crippen LogP contribution in [0.2, 0.25) is 0 Å². The summed E-state index contributed by atoms with van der Waals surface area (Å²) in [7, 11) is 0. The monoisotopic (exact) mass is 299 g/mol. The number of ether oxygens (including phenoxy) is 2. The molecule has 1 rings (SSSR count). The number of unbranched alkanes of at least 4 members (excludes halogenated alkanes) is 1. The van der Waals surface area contributed by atoms with Gasteiger partial charge in [0.25, 0.3) is 0 Å². The fourth-order valence-corrected chi connectivity index (χ4v) is 3.34. The first kappa shape index (κ1) is 18.4. The maximum absolute atomic E-state index is 12.5. The molecule has 4 nitrogen and oxygen atoms in total. The van der Waals surface area contributed by atoms with E-state index in [0.717, 1.165) is 51.7 Å². The number of rotatable bonds is 10. The molecule has 1 fully saturated rings. The molecule has 0 bridgehead atoms. The van der Waals surface area contributed by atoms with Gasteiger partial charge in [0.1, 0.15) is 5.54 Å². The molecule has 0 aromatic heterocycles. The summed E-state index contributed by atoms with van der Waals surface area (Å²) in [5.74, 6) is 0.246. The Bertz CT molecular complexity index is 306. The molecular weight excluding hydrogens is 266 g/mol. The lowest BCUT2D eigenvalue weighted by atomic mass is 9.84. The van der Waals surface area contributed by atoms with E-state index in [-0.39, 0.29) is 12.0 Å². The third kappa shape index (κ3) is 5.26. The molecule has 0 aromatic rings. The maximum atomic E-state index is 12.5. The van der Waals surface area contributed by atoms with Gasteiger partial charge in [-0.25, -0.2) is 0 Å². The zero-order chi connectivity index (χ0) is 15.7. The Hall–Kier alpha value is -0.610. The smallest absolute Gasteiger partial charge is 0.326 e. The minimum Gasteiger partial charge on any atom is -0.465 e. The molecule has 0 spiro atoms. The minimum atomic E-state index is -0.502. The summed E-state index contributed by atoms with van der Waals surface area (Å²) in [6.07, 6.45) is 6.24. The van der Waals surface area contributed by atoms with Crippen LogP contribution < -0.4 is 5.32 Å². The van der Waals surface area contributed by atoms with Crippen molar-refractivity contribution in [3.05, 3.63) is 0 Å². The van der Waals surface area contributed by atoms with Gasteiger partial charge in [-0.05, 0) is 52.4 Å². The largest absolute Gasteiger partial charge is 0.465 e. The molecule has 1 saturated carbocycles. The first-order chi connectivity index (χ1) is 10.1. The predicted molar refractivity (Wildman–Crippen MR) is 85.3 cm³/mol. The SMILES string of the molecule is CCCCOCCC1CCCC1(NC(C)C)C(=O)OCC. The average Bonchev–Trinajstić information content (AvgIpc) is 2.82. The highest BCUT2D eigenvalue weighted by molar-refractivity contribution is 5.82. The predicted octanol–water partition coefficient (Wildman–Crippen LogP) is 3.29.